The summed E-state index contributed by atoms with van der Waals surface area (Å²) in [4.78, 5) is 19.3. The van der Waals surface area contributed by atoms with Gasteiger partial charge < -0.3 is 20.1 Å². The lowest BCUT2D eigenvalue weighted by Crippen LogP contribution is -2.34. The van der Waals surface area contributed by atoms with E-state index in [4.69, 9.17) is 10.7 Å². The molecular formula is C19H16F2N8O2. The normalized spacial score (nSPS) is 19.9. The molecule has 1 aromatic carbocycles. The molecule has 12 heteroatoms. The van der Waals surface area contributed by atoms with Crippen LogP contribution in [-0.4, -0.2) is 48.9 Å². The molecule has 0 spiro atoms. The van der Waals surface area contributed by atoms with E-state index in [0.717, 1.165) is 25.1 Å². The first-order valence-electron chi connectivity index (χ1n) is 9.73. The third-order valence-corrected chi connectivity index (χ3v) is 5.55. The van der Waals surface area contributed by atoms with E-state index >= 15 is 0 Å². The van der Waals surface area contributed by atoms with Crippen LogP contribution < -0.4 is 20.1 Å². The van der Waals surface area contributed by atoms with Crippen molar-refractivity contribution in [1.29, 1.82) is 0 Å². The van der Waals surface area contributed by atoms with Crippen LogP contribution in [0.25, 0.3) is 16.6 Å². The molecule has 0 saturated carbocycles. The molecule has 2 aliphatic rings. The van der Waals surface area contributed by atoms with Gasteiger partial charge >= 0.3 is 6.29 Å². The molecule has 5 heterocycles. The van der Waals surface area contributed by atoms with Gasteiger partial charge in [-0.2, -0.15) is 4.52 Å². The molecule has 0 radical (unpaired) electrons. The molecule has 6 rings (SSSR count). The third kappa shape index (κ3) is 2.86. The summed E-state index contributed by atoms with van der Waals surface area (Å²) in [6.07, 6.45) is 3.17. The number of fused-ring (bicyclic) bond motifs is 5. The number of halogens is 2. The first kappa shape index (κ1) is 18.0. The second kappa shape index (κ2) is 6.33. The Labute approximate surface area is 173 Å². The van der Waals surface area contributed by atoms with E-state index in [9.17, 15) is 8.78 Å². The van der Waals surface area contributed by atoms with E-state index in [-0.39, 0.29) is 28.9 Å². The van der Waals surface area contributed by atoms with Gasteiger partial charge in [-0.05, 0) is 25.0 Å². The summed E-state index contributed by atoms with van der Waals surface area (Å²) in [6.45, 7) is 1.59. The molecule has 158 valence electrons. The van der Waals surface area contributed by atoms with Gasteiger partial charge in [0, 0.05) is 24.4 Å². The van der Waals surface area contributed by atoms with Gasteiger partial charge in [-0.25, -0.2) is 19.9 Å². The SMILES string of the molecule is Nc1nc2c3c(ccc2c2nc([C@H]4CCCN(c5cncnc5)C4)nn12)OC(F)(F)O3. The van der Waals surface area contributed by atoms with Crippen molar-refractivity contribution in [2.45, 2.75) is 25.1 Å². The van der Waals surface area contributed by atoms with Crippen molar-refractivity contribution in [3.8, 4) is 11.5 Å². The fourth-order valence-corrected chi connectivity index (χ4v) is 4.16. The van der Waals surface area contributed by atoms with Crippen LogP contribution in [0.15, 0.2) is 30.9 Å². The predicted molar refractivity (Wildman–Crippen MR) is 105 cm³/mol. The first-order chi connectivity index (χ1) is 15.0. The van der Waals surface area contributed by atoms with Gasteiger partial charge in [0.1, 0.15) is 11.8 Å². The van der Waals surface area contributed by atoms with Gasteiger partial charge in [0.2, 0.25) is 5.95 Å². The highest BCUT2D eigenvalue weighted by atomic mass is 19.3. The van der Waals surface area contributed by atoms with Crippen molar-refractivity contribution in [1.82, 2.24) is 29.5 Å². The molecule has 10 nitrogen and oxygen atoms in total. The quantitative estimate of drug-likeness (QED) is 0.515. The molecule has 31 heavy (non-hydrogen) atoms. The summed E-state index contributed by atoms with van der Waals surface area (Å²) in [7, 11) is 0. The number of rotatable bonds is 2. The molecule has 0 bridgehead atoms. The molecule has 1 fully saturated rings. The number of nitrogen functional groups attached to an aromatic ring is 1. The monoisotopic (exact) mass is 426 g/mol. The Hall–Kier alpha value is -3.83. The summed E-state index contributed by atoms with van der Waals surface area (Å²) in [5.74, 6) is 0.445. The molecule has 2 N–H and O–H groups in total. The predicted octanol–water partition coefficient (Wildman–Crippen LogP) is 2.36. The zero-order chi connectivity index (χ0) is 21.2. The topological polar surface area (TPSA) is 117 Å². The standard InChI is InChI=1S/C19H16F2N8O2/c20-19(21)30-13-4-3-12-14(15(13)31-19)25-18(22)29-17(12)26-16(27-29)10-2-1-5-28(8-10)11-6-23-9-24-7-11/h3-4,6-7,9-10H,1-2,5,8H2,(H2,22,25)/t10-/m0/s1. The highest BCUT2D eigenvalue weighted by molar-refractivity contribution is 5.97. The zero-order valence-electron chi connectivity index (χ0n) is 16.1. The van der Waals surface area contributed by atoms with E-state index in [1.165, 1.54) is 16.9 Å². The van der Waals surface area contributed by atoms with Crippen LogP contribution in [0.3, 0.4) is 0 Å². The number of nitrogens with two attached hydrogens (primary N) is 1. The van der Waals surface area contributed by atoms with Crippen molar-refractivity contribution >= 4 is 28.2 Å². The maximum Gasteiger partial charge on any atom is 0.586 e. The Morgan fingerprint density at radius 2 is 1.97 bits per heavy atom. The highest BCUT2D eigenvalue weighted by Gasteiger charge is 2.45. The van der Waals surface area contributed by atoms with Gasteiger partial charge in [0.25, 0.3) is 0 Å². The first-order valence-corrected chi connectivity index (χ1v) is 9.73. The van der Waals surface area contributed by atoms with Crippen molar-refractivity contribution < 1.29 is 18.3 Å². The smallest absolute Gasteiger partial charge is 0.395 e. The average molecular weight is 426 g/mol. The zero-order valence-corrected chi connectivity index (χ0v) is 16.1. The molecule has 4 aromatic rings. The Bertz CT molecular complexity index is 1310. The number of benzene rings is 1. The summed E-state index contributed by atoms with van der Waals surface area (Å²) >= 11 is 0. The molecular weight excluding hydrogens is 410 g/mol. The van der Waals surface area contributed by atoms with E-state index in [1.54, 1.807) is 18.5 Å². The van der Waals surface area contributed by atoms with Crippen LogP contribution in [0.5, 0.6) is 11.5 Å². The minimum atomic E-state index is -3.75. The summed E-state index contributed by atoms with van der Waals surface area (Å²) < 4.78 is 37.7. The van der Waals surface area contributed by atoms with E-state index in [2.05, 4.69) is 34.4 Å². The Morgan fingerprint density at radius 3 is 2.81 bits per heavy atom. The van der Waals surface area contributed by atoms with Crippen LogP contribution in [0.4, 0.5) is 20.4 Å². The summed E-state index contributed by atoms with van der Waals surface area (Å²) in [6, 6.07) is 3.01. The summed E-state index contributed by atoms with van der Waals surface area (Å²) in [5, 5.41) is 5.07. The third-order valence-electron chi connectivity index (χ3n) is 5.55. The lowest BCUT2D eigenvalue weighted by Gasteiger charge is -2.32. The van der Waals surface area contributed by atoms with Crippen molar-refractivity contribution in [3.05, 3.63) is 36.7 Å². The number of piperidine rings is 1. The molecule has 0 aliphatic carbocycles. The average Bonchev–Trinajstić information content (AvgIpc) is 3.36. The Morgan fingerprint density at radius 1 is 1.13 bits per heavy atom. The van der Waals surface area contributed by atoms with Gasteiger partial charge in [0.15, 0.2) is 23.0 Å². The number of aromatic nitrogens is 6. The van der Waals surface area contributed by atoms with Gasteiger partial charge in [-0.1, -0.05) is 0 Å². The molecule has 0 unspecified atom stereocenters. The minimum absolute atomic E-state index is 0.0255. The van der Waals surface area contributed by atoms with E-state index in [1.807, 2.05) is 0 Å². The molecule has 1 atom stereocenters. The van der Waals surface area contributed by atoms with Gasteiger partial charge in [-0.15, -0.1) is 13.9 Å². The molecule has 2 aliphatic heterocycles. The number of nitrogens with zero attached hydrogens (tertiary/aromatic N) is 7. The van der Waals surface area contributed by atoms with Crippen LogP contribution in [0.2, 0.25) is 0 Å². The number of alkyl halides is 2. The molecule has 0 amide bonds. The fraction of sp³-hybridized carbons (Fsp3) is 0.316. The number of anilines is 2. The minimum Gasteiger partial charge on any atom is -0.395 e. The van der Waals surface area contributed by atoms with Gasteiger partial charge in [-0.3, -0.25) is 0 Å². The largest absolute Gasteiger partial charge is 0.586 e. The molecule has 1 saturated heterocycles. The number of hydrogen-bond donors (Lipinski definition) is 1. The van der Waals surface area contributed by atoms with Crippen LogP contribution in [0, 0.1) is 0 Å². The maximum atomic E-state index is 13.6. The van der Waals surface area contributed by atoms with Crippen molar-refractivity contribution in [2.24, 2.45) is 0 Å². The Balaban J connectivity index is 1.42. The Kier molecular flexibility index (Phi) is 3.67. The highest BCUT2D eigenvalue weighted by Crippen LogP contribution is 2.45. The van der Waals surface area contributed by atoms with Crippen LogP contribution in [-0.2, 0) is 0 Å². The lowest BCUT2D eigenvalue weighted by molar-refractivity contribution is -0.286. The maximum absolute atomic E-state index is 13.6. The second-order valence-electron chi connectivity index (χ2n) is 7.51. The lowest BCUT2D eigenvalue weighted by atomic mass is 9.97. The summed E-state index contributed by atoms with van der Waals surface area (Å²) in [5.41, 5.74) is 7.61. The van der Waals surface area contributed by atoms with Crippen LogP contribution >= 0.6 is 0 Å². The molecule has 3 aromatic heterocycles. The van der Waals surface area contributed by atoms with E-state index < -0.39 is 6.29 Å². The van der Waals surface area contributed by atoms with Crippen LogP contribution in [0.1, 0.15) is 24.6 Å². The fourth-order valence-electron chi connectivity index (χ4n) is 4.16. The van der Waals surface area contributed by atoms with Gasteiger partial charge in [0.05, 0.1) is 18.1 Å². The second-order valence-corrected chi connectivity index (χ2v) is 7.51. The van der Waals surface area contributed by atoms with E-state index in [0.29, 0.717) is 23.4 Å². The number of ether oxygens (including phenoxy) is 2. The number of hydrogen-bond acceptors (Lipinski definition) is 9. The van der Waals surface area contributed by atoms with Crippen molar-refractivity contribution in [2.75, 3.05) is 23.7 Å². The van der Waals surface area contributed by atoms with Crippen molar-refractivity contribution in [3.63, 3.8) is 0 Å².